The van der Waals surface area contributed by atoms with Crippen LogP contribution in [0.1, 0.15) is 94.3 Å². The van der Waals surface area contributed by atoms with Crippen molar-refractivity contribution in [1.82, 2.24) is 0 Å². The Morgan fingerprint density at radius 2 is 1.06 bits per heavy atom. The molecule has 0 aliphatic rings. The van der Waals surface area contributed by atoms with Gasteiger partial charge in [0, 0.05) is 6.61 Å². The maximum Gasteiger partial charge on any atom is 0.343 e. The van der Waals surface area contributed by atoms with Gasteiger partial charge in [0.2, 0.25) is 0 Å². The smallest absolute Gasteiger partial charge is 0.343 e. The van der Waals surface area contributed by atoms with Crippen LogP contribution in [0.5, 0.6) is 17.2 Å². The predicted molar refractivity (Wildman–Crippen MR) is 137 cm³/mol. The van der Waals surface area contributed by atoms with Crippen molar-refractivity contribution in [1.29, 1.82) is 0 Å². The van der Waals surface area contributed by atoms with Gasteiger partial charge in [-0.15, -0.1) is 0 Å². The Morgan fingerprint density at radius 3 is 1.59 bits per heavy atom. The van der Waals surface area contributed by atoms with E-state index in [1.165, 1.54) is 44.9 Å². The van der Waals surface area contributed by atoms with Crippen molar-refractivity contribution in [3.05, 3.63) is 54.1 Å². The van der Waals surface area contributed by atoms with Crippen LogP contribution < -0.4 is 14.2 Å². The molecule has 0 saturated heterocycles. The standard InChI is InChI=1S/C29H42O5/c1-2-3-4-5-6-7-9-12-23-33-27-18-20-28(21-19-27)34-29(31)25-14-16-26(17-15-25)32-24-13-10-8-11-22-30/h14-21,30H,2-13,22-24H2,1H3. The number of carbonyl (C=O) groups is 1. The molecule has 0 aliphatic heterocycles. The van der Waals surface area contributed by atoms with Crippen LogP contribution in [-0.2, 0) is 0 Å². The van der Waals surface area contributed by atoms with Crippen LogP contribution in [0, 0.1) is 0 Å². The molecule has 2 aromatic rings. The van der Waals surface area contributed by atoms with Crippen molar-refractivity contribution in [3.63, 3.8) is 0 Å². The second-order valence-corrected chi connectivity index (χ2v) is 8.69. The third-order valence-corrected chi connectivity index (χ3v) is 5.71. The molecule has 1 N–H and O–H groups in total. The number of benzene rings is 2. The van der Waals surface area contributed by atoms with Crippen molar-refractivity contribution >= 4 is 5.97 Å². The van der Waals surface area contributed by atoms with Crippen molar-refractivity contribution in [2.45, 2.75) is 84.0 Å². The monoisotopic (exact) mass is 470 g/mol. The first-order valence-electron chi connectivity index (χ1n) is 13.0. The average Bonchev–Trinajstić information content (AvgIpc) is 2.86. The van der Waals surface area contributed by atoms with Crippen LogP contribution in [0.15, 0.2) is 48.5 Å². The molecule has 0 fully saturated rings. The molecule has 0 aliphatic carbocycles. The molecule has 0 saturated carbocycles. The zero-order chi connectivity index (χ0) is 24.3. The number of hydrogen-bond donors (Lipinski definition) is 1. The Labute approximate surface area is 205 Å². The molecule has 0 aromatic heterocycles. The lowest BCUT2D eigenvalue weighted by Gasteiger charge is -2.09. The highest BCUT2D eigenvalue weighted by Gasteiger charge is 2.09. The minimum Gasteiger partial charge on any atom is -0.494 e. The van der Waals surface area contributed by atoms with Gasteiger partial charge in [-0.2, -0.15) is 0 Å². The molecule has 0 heterocycles. The number of aliphatic hydroxyl groups is 1. The highest BCUT2D eigenvalue weighted by molar-refractivity contribution is 5.91. The molecule has 5 heteroatoms. The number of esters is 1. The highest BCUT2D eigenvalue weighted by atomic mass is 16.5. The quantitative estimate of drug-likeness (QED) is 0.132. The lowest BCUT2D eigenvalue weighted by Crippen LogP contribution is -2.08. The number of hydrogen-bond acceptors (Lipinski definition) is 5. The van der Waals surface area contributed by atoms with Crippen LogP contribution in [0.3, 0.4) is 0 Å². The maximum absolute atomic E-state index is 12.4. The molecular formula is C29H42O5. The summed E-state index contributed by atoms with van der Waals surface area (Å²) in [6.45, 7) is 3.83. The first-order chi connectivity index (χ1) is 16.7. The third-order valence-electron chi connectivity index (χ3n) is 5.71. The Kier molecular flexibility index (Phi) is 14.6. The van der Waals surface area contributed by atoms with Crippen LogP contribution in [0.25, 0.3) is 0 Å². The van der Waals surface area contributed by atoms with Gasteiger partial charge in [-0.3, -0.25) is 0 Å². The molecule has 188 valence electrons. The van der Waals surface area contributed by atoms with E-state index < -0.39 is 5.97 Å². The van der Waals surface area contributed by atoms with Gasteiger partial charge >= 0.3 is 5.97 Å². The van der Waals surface area contributed by atoms with E-state index in [9.17, 15) is 4.79 Å². The van der Waals surface area contributed by atoms with E-state index in [4.69, 9.17) is 19.3 Å². The van der Waals surface area contributed by atoms with E-state index >= 15 is 0 Å². The van der Waals surface area contributed by atoms with E-state index in [2.05, 4.69) is 6.92 Å². The summed E-state index contributed by atoms with van der Waals surface area (Å²) >= 11 is 0. The minimum absolute atomic E-state index is 0.246. The molecule has 5 nitrogen and oxygen atoms in total. The molecule has 0 bridgehead atoms. The summed E-state index contributed by atoms with van der Waals surface area (Å²) in [5.74, 6) is 1.62. The molecule has 2 aromatic carbocycles. The number of unbranched alkanes of at least 4 members (excludes halogenated alkanes) is 10. The summed E-state index contributed by atoms with van der Waals surface area (Å²) in [6.07, 6.45) is 14.1. The van der Waals surface area contributed by atoms with Crippen LogP contribution in [-0.4, -0.2) is 30.9 Å². The highest BCUT2D eigenvalue weighted by Crippen LogP contribution is 2.20. The maximum atomic E-state index is 12.4. The van der Waals surface area contributed by atoms with Crippen molar-refractivity contribution in [2.75, 3.05) is 19.8 Å². The lowest BCUT2D eigenvalue weighted by molar-refractivity contribution is 0.0734. The molecule has 0 amide bonds. The fourth-order valence-corrected chi connectivity index (χ4v) is 3.64. The van der Waals surface area contributed by atoms with Gasteiger partial charge < -0.3 is 19.3 Å². The summed E-state index contributed by atoms with van der Waals surface area (Å²) in [5.41, 5.74) is 0.477. The Balaban J connectivity index is 1.62. The average molecular weight is 471 g/mol. The van der Waals surface area contributed by atoms with Gasteiger partial charge in [0.05, 0.1) is 18.8 Å². The van der Waals surface area contributed by atoms with Gasteiger partial charge in [0.25, 0.3) is 0 Å². The molecular weight excluding hydrogens is 428 g/mol. The van der Waals surface area contributed by atoms with Crippen LogP contribution in [0.2, 0.25) is 0 Å². The largest absolute Gasteiger partial charge is 0.494 e. The zero-order valence-corrected chi connectivity index (χ0v) is 20.8. The van der Waals surface area contributed by atoms with Crippen LogP contribution >= 0.6 is 0 Å². The second-order valence-electron chi connectivity index (χ2n) is 8.69. The van der Waals surface area contributed by atoms with Crippen molar-refractivity contribution in [2.24, 2.45) is 0 Å². The van der Waals surface area contributed by atoms with E-state index in [0.29, 0.717) is 24.5 Å². The van der Waals surface area contributed by atoms with Gasteiger partial charge in [-0.1, -0.05) is 58.3 Å². The SMILES string of the molecule is CCCCCCCCCCOc1ccc(OC(=O)c2ccc(OCCCCCCO)cc2)cc1. The second kappa shape index (κ2) is 17.9. The first-order valence-corrected chi connectivity index (χ1v) is 13.0. The van der Waals surface area contributed by atoms with E-state index in [1.54, 1.807) is 36.4 Å². The molecule has 0 atom stereocenters. The summed E-state index contributed by atoms with van der Waals surface area (Å²) in [6, 6.07) is 14.2. The Bertz CT molecular complexity index is 770. The minimum atomic E-state index is -0.400. The van der Waals surface area contributed by atoms with Gasteiger partial charge in [-0.05, 0) is 74.2 Å². The third kappa shape index (κ3) is 12.1. The number of rotatable bonds is 19. The number of ether oxygens (including phenoxy) is 3. The summed E-state index contributed by atoms with van der Waals surface area (Å²) in [7, 11) is 0. The summed E-state index contributed by atoms with van der Waals surface area (Å²) in [5, 5.41) is 8.78. The normalized spacial score (nSPS) is 10.8. The van der Waals surface area contributed by atoms with Crippen molar-refractivity contribution in [3.8, 4) is 17.2 Å². The van der Waals surface area contributed by atoms with Crippen LogP contribution in [0.4, 0.5) is 0 Å². The molecule has 0 unspecified atom stereocenters. The molecule has 0 radical (unpaired) electrons. The topological polar surface area (TPSA) is 65.0 Å². The summed E-state index contributed by atoms with van der Waals surface area (Å²) < 4.78 is 17.0. The van der Waals surface area contributed by atoms with E-state index in [-0.39, 0.29) is 6.61 Å². The van der Waals surface area contributed by atoms with Gasteiger partial charge in [0.1, 0.15) is 17.2 Å². The summed E-state index contributed by atoms with van der Waals surface area (Å²) in [4.78, 5) is 12.4. The number of aliphatic hydroxyl groups excluding tert-OH is 1. The van der Waals surface area contributed by atoms with E-state index in [0.717, 1.165) is 43.6 Å². The van der Waals surface area contributed by atoms with E-state index in [1.807, 2.05) is 12.1 Å². The first kappa shape index (κ1) is 27.7. The Morgan fingerprint density at radius 1 is 0.618 bits per heavy atom. The Hall–Kier alpha value is -2.53. The number of carbonyl (C=O) groups excluding carboxylic acids is 1. The fraction of sp³-hybridized carbons (Fsp3) is 0.552. The molecule has 0 spiro atoms. The lowest BCUT2D eigenvalue weighted by atomic mass is 10.1. The molecule has 2 rings (SSSR count). The molecule has 34 heavy (non-hydrogen) atoms. The van der Waals surface area contributed by atoms with Crippen molar-refractivity contribution < 1.29 is 24.1 Å². The fourth-order valence-electron chi connectivity index (χ4n) is 3.64. The predicted octanol–water partition coefficient (Wildman–Crippen LogP) is 7.36. The van der Waals surface area contributed by atoms with Gasteiger partial charge in [-0.25, -0.2) is 4.79 Å². The van der Waals surface area contributed by atoms with Gasteiger partial charge in [0.15, 0.2) is 0 Å². The zero-order valence-electron chi connectivity index (χ0n) is 20.8.